The summed E-state index contributed by atoms with van der Waals surface area (Å²) in [6, 6.07) is 16.0. The summed E-state index contributed by atoms with van der Waals surface area (Å²) in [4.78, 5) is 21.3. The van der Waals surface area contributed by atoms with Crippen LogP contribution in [0.4, 0.5) is 11.4 Å². The average Bonchev–Trinajstić information content (AvgIpc) is 3.27. The first-order valence-corrected chi connectivity index (χ1v) is 9.10. The number of carbonyl (C=O) groups excluding carboxylic acids is 1. The highest BCUT2D eigenvalue weighted by Gasteiger charge is 2.18. The lowest BCUT2D eigenvalue weighted by Gasteiger charge is -2.37. The molecule has 138 valence electrons. The minimum absolute atomic E-state index is 0.149. The Hall–Kier alpha value is -3.28. The van der Waals surface area contributed by atoms with Gasteiger partial charge >= 0.3 is 0 Å². The molecule has 1 aliphatic heterocycles. The van der Waals surface area contributed by atoms with Gasteiger partial charge in [0.05, 0.1) is 30.3 Å². The summed E-state index contributed by atoms with van der Waals surface area (Å²) in [7, 11) is 0. The number of para-hydroxylation sites is 1. The number of amides is 1. The molecule has 1 N–H and O–H groups in total. The zero-order valence-corrected chi connectivity index (χ0v) is 15.0. The lowest BCUT2D eigenvalue weighted by molar-refractivity contribution is 0.0947. The Bertz CT molecular complexity index is 872. The van der Waals surface area contributed by atoms with Crippen molar-refractivity contribution in [1.82, 2.24) is 10.3 Å². The Balaban J connectivity index is 1.37. The molecule has 0 radical (unpaired) electrons. The average molecular weight is 362 g/mol. The van der Waals surface area contributed by atoms with Gasteiger partial charge < -0.3 is 19.5 Å². The zero-order valence-electron chi connectivity index (χ0n) is 15.0. The third-order valence-corrected chi connectivity index (χ3v) is 4.76. The summed E-state index contributed by atoms with van der Waals surface area (Å²) < 4.78 is 5.24. The highest BCUT2D eigenvalue weighted by molar-refractivity contribution is 5.94. The summed E-state index contributed by atoms with van der Waals surface area (Å²) in [5.41, 5.74) is 2.79. The van der Waals surface area contributed by atoms with E-state index >= 15 is 0 Å². The fourth-order valence-electron chi connectivity index (χ4n) is 3.27. The van der Waals surface area contributed by atoms with Crippen molar-refractivity contribution in [3.8, 4) is 0 Å². The van der Waals surface area contributed by atoms with Crippen LogP contribution in [-0.4, -0.2) is 37.1 Å². The standard InChI is InChI=1S/C21H22N4O2/c26-21(23-16-20-7-4-12-27-20)17-13-19(15-22-14-17)25-10-8-24(9-11-25)18-5-2-1-3-6-18/h1-7,12-15H,8-11,16H2,(H,23,26). The van der Waals surface area contributed by atoms with Crippen LogP contribution in [0, 0.1) is 0 Å². The fraction of sp³-hybridized carbons (Fsp3) is 0.238. The number of nitrogens with zero attached hydrogens (tertiary/aromatic N) is 3. The number of anilines is 2. The number of pyridine rings is 1. The van der Waals surface area contributed by atoms with E-state index in [1.165, 1.54) is 5.69 Å². The van der Waals surface area contributed by atoms with Crippen LogP contribution in [0.2, 0.25) is 0 Å². The molecule has 0 aliphatic carbocycles. The maximum Gasteiger partial charge on any atom is 0.253 e. The largest absolute Gasteiger partial charge is 0.467 e. The highest BCUT2D eigenvalue weighted by Crippen LogP contribution is 2.20. The van der Waals surface area contributed by atoms with Crippen LogP contribution in [0.3, 0.4) is 0 Å². The molecule has 3 aromatic rings. The molecule has 27 heavy (non-hydrogen) atoms. The third-order valence-electron chi connectivity index (χ3n) is 4.76. The van der Waals surface area contributed by atoms with Crippen molar-refractivity contribution in [3.63, 3.8) is 0 Å². The van der Waals surface area contributed by atoms with E-state index in [0.29, 0.717) is 12.1 Å². The topological polar surface area (TPSA) is 61.6 Å². The fourth-order valence-corrected chi connectivity index (χ4v) is 3.27. The molecule has 6 heteroatoms. The van der Waals surface area contributed by atoms with E-state index in [1.54, 1.807) is 18.5 Å². The molecule has 4 rings (SSSR count). The molecule has 1 saturated heterocycles. The van der Waals surface area contributed by atoms with E-state index in [-0.39, 0.29) is 5.91 Å². The van der Waals surface area contributed by atoms with Gasteiger partial charge in [-0.15, -0.1) is 0 Å². The summed E-state index contributed by atoms with van der Waals surface area (Å²) >= 11 is 0. The molecule has 0 spiro atoms. The normalized spacial score (nSPS) is 14.2. The van der Waals surface area contributed by atoms with Gasteiger partial charge in [-0.3, -0.25) is 9.78 Å². The maximum absolute atomic E-state index is 12.4. The predicted molar refractivity (Wildman–Crippen MR) is 105 cm³/mol. The van der Waals surface area contributed by atoms with Gasteiger partial charge in [-0.2, -0.15) is 0 Å². The van der Waals surface area contributed by atoms with E-state index in [2.05, 4.69) is 44.4 Å². The summed E-state index contributed by atoms with van der Waals surface area (Å²) in [6.07, 6.45) is 5.02. The van der Waals surface area contributed by atoms with Gasteiger partial charge in [0.15, 0.2) is 0 Å². The second-order valence-corrected chi connectivity index (χ2v) is 6.50. The van der Waals surface area contributed by atoms with Crippen LogP contribution in [0.5, 0.6) is 0 Å². The van der Waals surface area contributed by atoms with E-state index in [1.807, 2.05) is 24.4 Å². The first kappa shape index (κ1) is 17.1. The third kappa shape index (κ3) is 4.11. The summed E-state index contributed by atoms with van der Waals surface area (Å²) in [5.74, 6) is 0.577. The first-order valence-electron chi connectivity index (χ1n) is 9.10. The van der Waals surface area contributed by atoms with Crippen LogP contribution in [0.1, 0.15) is 16.1 Å². The second kappa shape index (κ2) is 7.95. The molecule has 0 saturated carbocycles. The maximum atomic E-state index is 12.4. The van der Waals surface area contributed by atoms with Crippen molar-refractivity contribution in [3.05, 3.63) is 78.5 Å². The van der Waals surface area contributed by atoms with Crippen LogP contribution in [0.25, 0.3) is 0 Å². The summed E-state index contributed by atoms with van der Waals surface area (Å²) in [6.45, 7) is 4.05. The van der Waals surface area contributed by atoms with Gasteiger partial charge in [0.1, 0.15) is 5.76 Å². The van der Waals surface area contributed by atoms with Gasteiger partial charge in [0.2, 0.25) is 0 Å². The molecule has 2 aromatic heterocycles. The molecule has 0 unspecified atom stereocenters. The number of piperazine rings is 1. The molecule has 6 nitrogen and oxygen atoms in total. The Morgan fingerprint density at radius 3 is 2.41 bits per heavy atom. The quantitative estimate of drug-likeness (QED) is 0.756. The number of hydrogen-bond acceptors (Lipinski definition) is 5. The molecular formula is C21H22N4O2. The van der Waals surface area contributed by atoms with Crippen LogP contribution < -0.4 is 15.1 Å². The van der Waals surface area contributed by atoms with E-state index in [4.69, 9.17) is 4.42 Å². The van der Waals surface area contributed by atoms with Gasteiger partial charge in [0, 0.05) is 38.1 Å². The number of carbonyl (C=O) groups is 1. The number of benzene rings is 1. The molecule has 0 bridgehead atoms. The minimum Gasteiger partial charge on any atom is -0.467 e. The molecule has 3 heterocycles. The molecule has 1 fully saturated rings. The van der Waals surface area contributed by atoms with Crippen molar-refractivity contribution in [1.29, 1.82) is 0 Å². The number of nitrogens with one attached hydrogen (secondary N) is 1. The molecule has 1 amide bonds. The van der Waals surface area contributed by atoms with Crippen molar-refractivity contribution in [2.45, 2.75) is 6.54 Å². The second-order valence-electron chi connectivity index (χ2n) is 6.50. The highest BCUT2D eigenvalue weighted by atomic mass is 16.3. The van der Waals surface area contributed by atoms with Crippen LogP contribution >= 0.6 is 0 Å². The lowest BCUT2D eigenvalue weighted by atomic mass is 10.2. The lowest BCUT2D eigenvalue weighted by Crippen LogP contribution is -2.46. The summed E-state index contributed by atoms with van der Waals surface area (Å²) in [5, 5.41) is 2.86. The smallest absolute Gasteiger partial charge is 0.253 e. The van der Waals surface area contributed by atoms with Crippen LogP contribution in [-0.2, 0) is 6.54 Å². The minimum atomic E-state index is -0.149. The van der Waals surface area contributed by atoms with E-state index in [9.17, 15) is 4.79 Å². The Labute approximate surface area is 158 Å². The molecule has 1 aromatic carbocycles. The van der Waals surface area contributed by atoms with E-state index in [0.717, 1.165) is 37.6 Å². The van der Waals surface area contributed by atoms with Gasteiger partial charge in [-0.1, -0.05) is 18.2 Å². The van der Waals surface area contributed by atoms with Gasteiger partial charge in [-0.05, 0) is 30.3 Å². The predicted octanol–water partition coefficient (Wildman–Crippen LogP) is 2.93. The Morgan fingerprint density at radius 2 is 1.70 bits per heavy atom. The zero-order chi connectivity index (χ0) is 18.5. The SMILES string of the molecule is O=C(NCc1ccco1)c1cncc(N2CCN(c3ccccc3)CC2)c1. The first-order chi connectivity index (χ1) is 13.3. The van der Waals surface area contributed by atoms with Gasteiger partial charge in [0.25, 0.3) is 5.91 Å². The monoisotopic (exact) mass is 362 g/mol. The van der Waals surface area contributed by atoms with Crippen molar-refractivity contribution >= 4 is 17.3 Å². The van der Waals surface area contributed by atoms with Gasteiger partial charge in [-0.25, -0.2) is 0 Å². The molecule has 1 aliphatic rings. The molecular weight excluding hydrogens is 340 g/mol. The Kier molecular flexibility index (Phi) is 5.05. The van der Waals surface area contributed by atoms with Crippen molar-refractivity contribution < 1.29 is 9.21 Å². The van der Waals surface area contributed by atoms with Crippen LogP contribution in [0.15, 0.2) is 71.6 Å². The number of rotatable bonds is 5. The number of furan rings is 1. The van der Waals surface area contributed by atoms with Crippen molar-refractivity contribution in [2.75, 3.05) is 36.0 Å². The molecule has 0 atom stereocenters. The number of aromatic nitrogens is 1. The number of hydrogen-bond donors (Lipinski definition) is 1. The van der Waals surface area contributed by atoms with Crippen molar-refractivity contribution in [2.24, 2.45) is 0 Å². The Morgan fingerprint density at radius 1 is 0.963 bits per heavy atom. The van der Waals surface area contributed by atoms with E-state index < -0.39 is 0 Å².